The van der Waals surface area contributed by atoms with Crippen LogP contribution >= 0.6 is 15.9 Å². The van der Waals surface area contributed by atoms with Crippen LogP contribution in [0.3, 0.4) is 0 Å². The molecule has 106 valence electrons. The molecule has 1 atom stereocenters. The van der Waals surface area contributed by atoms with Gasteiger partial charge in [0.2, 0.25) is 0 Å². The van der Waals surface area contributed by atoms with Crippen molar-refractivity contribution in [3.05, 3.63) is 63.9 Å². The van der Waals surface area contributed by atoms with Crippen LogP contribution < -0.4 is 10.6 Å². The Morgan fingerprint density at radius 2 is 1.90 bits per heavy atom. The van der Waals surface area contributed by atoms with Gasteiger partial charge in [-0.05, 0) is 30.2 Å². The number of nitrogens with two attached hydrogens (primary N) is 1. The summed E-state index contributed by atoms with van der Waals surface area (Å²) in [5, 5.41) is 0. The highest BCUT2D eigenvalue weighted by Gasteiger charge is 2.16. The number of hydrogen-bond acceptors (Lipinski definition) is 2. The van der Waals surface area contributed by atoms with E-state index in [9.17, 15) is 4.39 Å². The smallest absolute Gasteiger partial charge is 0.146 e. The Balaban J connectivity index is 2.34. The van der Waals surface area contributed by atoms with Gasteiger partial charge in [0, 0.05) is 24.1 Å². The fraction of sp³-hybridized carbons (Fsp3) is 0.250. The van der Waals surface area contributed by atoms with E-state index in [1.165, 1.54) is 6.07 Å². The number of hydrogen-bond donors (Lipinski definition) is 1. The molecular weight excluding hydrogens is 319 g/mol. The van der Waals surface area contributed by atoms with Gasteiger partial charge < -0.3 is 10.6 Å². The van der Waals surface area contributed by atoms with Gasteiger partial charge in [-0.2, -0.15) is 0 Å². The number of para-hydroxylation sites is 1. The Bertz CT molecular complexity index is 599. The quantitative estimate of drug-likeness (QED) is 0.904. The van der Waals surface area contributed by atoms with Crippen molar-refractivity contribution in [1.29, 1.82) is 0 Å². The molecule has 0 heterocycles. The fourth-order valence-corrected chi connectivity index (χ4v) is 2.67. The average Bonchev–Trinajstić information content (AvgIpc) is 2.40. The van der Waals surface area contributed by atoms with E-state index in [1.54, 1.807) is 6.07 Å². The number of rotatable bonds is 4. The third-order valence-corrected chi connectivity index (χ3v) is 4.03. The second-order valence-corrected chi connectivity index (χ2v) is 5.77. The van der Waals surface area contributed by atoms with Gasteiger partial charge >= 0.3 is 0 Å². The zero-order chi connectivity index (χ0) is 14.7. The number of benzene rings is 2. The van der Waals surface area contributed by atoms with Crippen LogP contribution in [0.1, 0.15) is 24.1 Å². The minimum atomic E-state index is -0.241. The second-order valence-electron chi connectivity index (χ2n) is 4.91. The summed E-state index contributed by atoms with van der Waals surface area (Å²) in [6.07, 6.45) is 0. The first kappa shape index (κ1) is 15.0. The van der Waals surface area contributed by atoms with Crippen molar-refractivity contribution in [2.24, 2.45) is 5.73 Å². The minimum Gasteiger partial charge on any atom is -0.368 e. The minimum absolute atomic E-state index is 0.206. The Hall–Kier alpha value is -1.39. The van der Waals surface area contributed by atoms with Crippen LogP contribution in [0.2, 0.25) is 0 Å². The summed E-state index contributed by atoms with van der Waals surface area (Å²) in [4.78, 5) is 1.90. The van der Waals surface area contributed by atoms with Gasteiger partial charge in [0.15, 0.2) is 0 Å². The molecule has 0 saturated heterocycles. The molecule has 0 fully saturated rings. The zero-order valence-electron chi connectivity index (χ0n) is 11.6. The van der Waals surface area contributed by atoms with Crippen molar-refractivity contribution < 1.29 is 4.39 Å². The van der Waals surface area contributed by atoms with Crippen molar-refractivity contribution in [3.63, 3.8) is 0 Å². The van der Waals surface area contributed by atoms with Gasteiger partial charge in [-0.15, -0.1) is 0 Å². The largest absolute Gasteiger partial charge is 0.368 e. The SMILES string of the molecule is C[C@H](N)c1cccc(F)c1N(C)Cc1ccccc1Br. The molecule has 20 heavy (non-hydrogen) atoms. The highest BCUT2D eigenvalue weighted by Crippen LogP contribution is 2.29. The van der Waals surface area contributed by atoms with E-state index in [-0.39, 0.29) is 11.9 Å². The third-order valence-electron chi connectivity index (χ3n) is 3.26. The van der Waals surface area contributed by atoms with Crippen LogP contribution in [-0.4, -0.2) is 7.05 Å². The van der Waals surface area contributed by atoms with Crippen molar-refractivity contribution in [2.75, 3.05) is 11.9 Å². The van der Waals surface area contributed by atoms with Crippen LogP contribution in [0.15, 0.2) is 46.9 Å². The molecule has 0 aromatic heterocycles. The molecule has 2 N–H and O–H groups in total. The molecule has 0 aliphatic rings. The van der Waals surface area contributed by atoms with E-state index in [2.05, 4.69) is 15.9 Å². The fourth-order valence-electron chi connectivity index (χ4n) is 2.26. The van der Waals surface area contributed by atoms with Crippen molar-refractivity contribution >= 4 is 21.6 Å². The van der Waals surface area contributed by atoms with Crippen molar-refractivity contribution in [3.8, 4) is 0 Å². The summed E-state index contributed by atoms with van der Waals surface area (Å²) in [6.45, 7) is 2.48. The van der Waals surface area contributed by atoms with Gasteiger partial charge in [-0.1, -0.05) is 46.3 Å². The Labute approximate surface area is 127 Å². The normalized spacial score (nSPS) is 12.2. The molecule has 0 unspecified atom stereocenters. The van der Waals surface area contributed by atoms with Crippen LogP contribution in [0, 0.1) is 5.82 Å². The van der Waals surface area contributed by atoms with E-state index in [4.69, 9.17) is 5.73 Å². The molecule has 2 aromatic carbocycles. The van der Waals surface area contributed by atoms with Gasteiger partial charge in [-0.3, -0.25) is 0 Å². The van der Waals surface area contributed by atoms with E-state index in [0.717, 1.165) is 15.6 Å². The lowest BCUT2D eigenvalue weighted by Crippen LogP contribution is -2.21. The Kier molecular flexibility index (Phi) is 4.78. The average molecular weight is 337 g/mol. The van der Waals surface area contributed by atoms with Gasteiger partial charge in [0.25, 0.3) is 0 Å². The Morgan fingerprint density at radius 1 is 1.20 bits per heavy atom. The molecule has 2 aromatic rings. The highest BCUT2D eigenvalue weighted by molar-refractivity contribution is 9.10. The summed E-state index contributed by atoms with van der Waals surface area (Å²) in [6, 6.07) is 12.8. The molecule has 0 amide bonds. The molecule has 0 bridgehead atoms. The number of halogens is 2. The standard InChI is InChI=1S/C16H18BrFN2/c1-11(19)13-7-5-9-15(18)16(13)20(2)10-12-6-3-4-8-14(12)17/h3-9,11H,10,19H2,1-2H3/t11-/m0/s1. The van der Waals surface area contributed by atoms with E-state index in [0.29, 0.717) is 12.2 Å². The predicted molar refractivity (Wildman–Crippen MR) is 85.3 cm³/mol. The molecule has 0 aliphatic heterocycles. The van der Waals surface area contributed by atoms with Crippen LogP contribution in [0.5, 0.6) is 0 Å². The monoisotopic (exact) mass is 336 g/mol. The van der Waals surface area contributed by atoms with Crippen molar-refractivity contribution in [1.82, 2.24) is 0 Å². The van der Waals surface area contributed by atoms with Gasteiger partial charge in [0.1, 0.15) is 5.82 Å². The lowest BCUT2D eigenvalue weighted by Gasteiger charge is -2.25. The van der Waals surface area contributed by atoms with Crippen LogP contribution in [0.4, 0.5) is 10.1 Å². The molecule has 0 aliphatic carbocycles. The maximum absolute atomic E-state index is 14.2. The molecule has 2 rings (SSSR count). The predicted octanol–water partition coefficient (Wildman–Crippen LogP) is 4.24. The molecule has 2 nitrogen and oxygen atoms in total. The van der Waals surface area contributed by atoms with E-state index in [1.807, 2.05) is 49.2 Å². The molecule has 4 heteroatoms. The summed E-state index contributed by atoms with van der Waals surface area (Å²) >= 11 is 3.52. The number of nitrogens with zero attached hydrogens (tertiary/aromatic N) is 1. The lowest BCUT2D eigenvalue weighted by molar-refractivity contribution is 0.616. The lowest BCUT2D eigenvalue weighted by atomic mass is 10.0. The highest BCUT2D eigenvalue weighted by atomic mass is 79.9. The third kappa shape index (κ3) is 3.19. The van der Waals surface area contributed by atoms with E-state index >= 15 is 0 Å². The molecule has 0 saturated carbocycles. The number of anilines is 1. The van der Waals surface area contributed by atoms with Crippen LogP contribution in [0.25, 0.3) is 0 Å². The Morgan fingerprint density at radius 3 is 2.55 bits per heavy atom. The first-order valence-corrected chi connectivity index (χ1v) is 7.28. The summed E-state index contributed by atoms with van der Waals surface area (Å²) in [7, 11) is 1.88. The zero-order valence-corrected chi connectivity index (χ0v) is 13.2. The first-order valence-electron chi connectivity index (χ1n) is 6.49. The van der Waals surface area contributed by atoms with Crippen molar-refractivity contribution in [2.45, 2.75) is 19.5 Å². The van der Waals surface area contributed by atoms with E-state index < -0.39 is 0 Å². The maximum Gasteiger partial charge on any atom is 0.146 e. The second kappa shape index (κ2) is 6.37. The maximum atomic E-state index is 14.2. The molecular formula is C16H18BrFN2. The van der Waals surface area contributed by atoms with Gasteiger partial charge in [0.05, 0.1) is 5.69 Å². The van der Waals surface area contributed by atoms with Gasteiger partial charge in [-0.25, -0.2) is 4.39 Å². The van der Waals surface area contributed by atoms with Crippen LogP contribution in [-0.2, 0) is 6.54 Å². The topological polar surface area (TPSA) is 29.3 Å². The summed E-state index contributed by atoms with van der Waals surface area (Å²) in [5.74, 6) is -0.241. The summed E-state index contributed by atoms with van der Waals surface area (Å²) in [5.41, 5.74) is 8.43. The molecule has 0 radical (unpaired) electrons. The summed E-state index contributed by atoms with van der Waals surface area (Å²) < 4.78 is 15.2. The first-order chi connectivity index (χ1) is 9.50. The molecule has 0 spiro atoms.